The minimum absolute atomic E-state index is 0.0514. The van der Waals surface area contributed by atoms with Crippen molar-refractivity contribution in [3.05, 3.63) is 138 Å². The minimum atomic E-state index is -0.0514. The topological polar surface area (TPSA) is 3.24 Å². The highest BCUT2D eigenvalue weighted by molar-refractivity contribution is 5.86. The molecule has 0 aliphatic heterocycles. The summed E-state index contributed by atoms with van der Waals surface area (Å²) in [6.07, 6.45) is 17.5. The van der Waals surface area contributed by atoms with Crippen LogP contribution in [-0.2, 0) is 16.2 Å². The second kappa shape index (κ2) is 11.5. The van der Waals surface area contributed by atoms with Crippen molar-refractivity contribution < 1.29 is 0 Å². The molecule has 9 aliphatic carbocycles. The van der Waals surface area contributed by atoms with Crippen molar-refractivity contribution in [2.24, 2.45) is 35.5 Å². The van der Waals surface area contributed by atoms with Gasteiger partial charge in [0.1, 0.15) is 0 Å². The lowest BCUT2D eigenvalue weighted by Gasteiger charge is -2.57. The van der Waals surface area contributed by atoms with Crippen LogP contribution < -0.4 is 4.90 Å². The van der Waals surface area contributed by atoms with Gasteiger partial charge in [0.2, 0.25) is 0 Å². The first kappa shape index (κ1) is 32.2. The van der Waals surface area contributed by atoms with Crippen molar-refractivity contribution in [1.82, 2.24) is 0 Å². The van der Waals surface area contributed by atoms with E-state index in [-0.39, 0.29) is 5.41 Å². The number of hydrogen-bond donors (Lipinski definition) is 0. The molecule has 272 valence electrons. The van der Waals surface area contributed by atoms with E-state index < -0.39 is 0 Å². The van der Waals surface area contributed by atoms with Crippen LogP contribution in [0.2, 0.25) is 0 Å². The maximum absolute atomic E-state index is 2.69. The third-order valence-electron chi connectivity index (χ3n) is 16.6. The molecule has 5 aromatic rings. The summed E-state index contributed by atoms with van der Waals surface area (Å²) in [5, 5.41) is 0. The minimum Gasteiger partial charge on any atom is -0.310 e. The molecule has 1 nitrogen and oxygen atoms in total. The highest BCUT2D eigenvalue weighted by atomic mass is 15.1. The van der Waals surface area contributed by atoms with Crippen LogP contribution >= 0.6 is 0 Å². The molecule has 54 heavy (non-hydrogen) atoms. The smallest absolute Gasteiger partial charge is 0.0465 e. The molecule has 0 heterocycles. The van der Waals surface area contributed by atoms with Crippen molar-refractivity contribution in [2.45, 2.75) is 107 Å². The van der Waals surface area contributed by atoms with Crippen LogP contribution in [0.5, 0.6) is 0 Å². The molecule has 14 rings (SSSR count). The largest absolute Gasteiger partial charge is 0.310 e. The normalized spacial score (nSPS) is 33.1. The van der Waals surface area contributed by atoms with Crippen LogP contribution in [0, 0.1) is 35.5 Å². The molecule has 0 saturated heterocycles. The summed E-state index contributed by atoms with van der Waals surface area (Å²) in [6.45, 7) is 4.98. The summed E-state index contributed by atoms with van der Waals surface area (Å²) in [7, 11) is 0. The van der Waals surface area contributed by atoms with Crippen LogP contribution in [-0.4, -0.2) is 0 Å². The summed E-state index contributed by atoms with van der Waals surface area (Å²) in [6, 6.07) is 45.1. The fourth-order valence-electron chi connectivity index (χ4n) is 15.0. The maximum Gasteiger partial charge on any atom is 0.0465 e. The lowest BCUT2D eigenvalue weighted by atomic mass is 9.48. The number of benzene rings is 5. The molecule has 0 atom stereocenters. The second-order valence-corrected chi connectivity index (χ2v) is 20.3. The van der Waals surface area contributed by atoms with Gasteiger partial charge in [0.05, 0.1) is 0 Å². The third-order valence-corrected chi connectivity index (χ3v) is 16.6. The Hall–Kier alpha value is -4.10. The summed E-state index contributed by atoms with van der Waals surface area (Å²) < 4.78 is 0. The Morgan fingerprint density at radius 3 is 1.35 bits per heavy atom. The van der Waals surface area contributed by atoms with Crippen LogP contribution in [0.25, 0.3) is 22.3 Å². The molecule has 0 amide bonds. The zero-order valence-electron chi connectivity index (χ0n) is 32.4. The molecular formula is C53H55N. The molecule has 8 fully saturated rings. The van der Waals surface area contributed by atoms with Crippen LogP contribution in [0.1, 0.15) is 113 Å². The van der Waals surface area contributed by atoms with Crippen LogP contribution in [0.3, 0.4) is 0 Å². The predicted molar refractivity (Wildman–Crippen MR) is 224 cm³/mol. The van der Waals surface area contributed by atoms with E-state index in [0.29, 0.717) is 10.8 Å². The van der Waals surface area contributed by atoms with E-state index in [2.05, 4.69) is 134 Å². The zero-order chi connectivity index (χ0) is 35.8. The molecule has 0 spiro atoms. The van der Waals surface area contributed by atoms with Gasteiger partial charge in [-0.1, -0.05) is 92.7 Å². The quantitative estimate of drug-likeness (QED) is 0.170. The molecule has 0 N–H and O–H groups in total. The fourth-order valence-corrected chi connectivity index (χ4v) is 15.0. The molecule has 0 aromatic heterocycles. The van der Waals surface area contributed by atoms with Gasteiger partial charge in [0.15, 0.2) is 0 Å². The van der Waals surface area contributed by atoms with E-state index in [1.54, 1.807) is 16.7 Å². The Kier molecular flexibility index (Phi) is 6.83. The second-order valence-electron chi connectivity index (χ2n) is 20.3. The number of hydrogen-bond acceptors (Lipinski definition) is 1. The van der Waals surface area contributed by atoms with Gasteiger partial charge in [0.25, 0.3) is 0 Å². The highest BCUT2D eigenvalue weighted by Gasteiger charge is 2.53. The van der Waals surface area contributed by atoms with E-state index >= 15 is 0 Å². The number of anilines is 3. The van der Waals surface area contributed by atoms with Gasteiger partial charge < -0.3 is 4.90 Å². The summed E-state index contributed by atoms with van der Waals surface area (Å²) in [5.74, 6) is 5.76. The van der Waals surface area contributed by atoms with Crippen LogP contribution in [0.15, 0.2) is 115 Å². The lowest BCUT2D eigenvalue weighted by Crippen LogP contribution is -2.48. The van der Waals surface area contributed by atoms with E-state index in [0.717, 1.165) is 35.5 Å². The Morgan fingerprint density at radius 1 is 0.407 bits per heavy atom. The van der Waals surface area contributed by atoms with Gasteiger partial charge in [-0.25, -0.2) is 0 Å². The summed E-state index contributed by atoms with van der Waals surface area (Å²) >= 11 is 0. The van der Waals surface area contributed by atoms with Gasteiger partial charge in [-0.05, 0) is 204 Å². The predicted octanol–water partition coefficient (Wildman–Crippen LogP) is 14.1. The molecule has 5 aromatic carbocycles. The SMILES string of the molecule is CC1(C)c2cc(N(c3ccc(-c4ccccc4)cc3)c3ccc(C45CC6CC(CC(C6)C4)C5)cc3)ccc2-c2ccc(C34CC5CC(CC(C5)C3)C4)cc21. The summed E-state index contributed by atoms with van der Waals surface area (Å²) in [5.41, 5.74) is 16.2. The average molecular weight is 706 g/mol. The van der Waals surface area contributed by atoms with Crippen molar-refractivity contribution in [3.8, 4) is 22.3 Å². The molecule has 0 unspecified atom stereocenters. The van der Waals surface area contributed by atoms with Crippen molar-refractivity contribution in [2.75, 3.05) is 4.90 Å². The van der Waals surface area contributed by atoms with Gasteiger partial charge in [-0.15, -0.1) is 0 Å². The number of rotatable bonds is 6. The van der Waals surface area contributed by atoms with E-state index in [4.69, 9.17) is 0 Å². The van der Waals surface area contributed by atoms with E-state index in [1.807, 2.05) is 0 Å². The third kappa shape index (κ3) is 4.82. The maximum atomic E-state index is 2.69. The first-order valence-corrected chi connectivity index (χ1v) is 21.7. The Balaban J connectivity index is 0.925. The zero-order valence-corrected chi connectivity index (χ0v) is 32.4. The first-order valence-electron chi connectivity index (χ1n) is 21.7. The van der Waals surface area contributed by atoms with E-state index in [1.165, 1.54) is 122 Å². The van der Waals surface area contributed by atoms with Gasteiger partial charge >= 0.3 is 0 Å². The monoisotopic (exact) mass is 705 g/mol. The van der Waals surface area contributed by atoms with Gasteiger partial charge in [-0.2, -0.15) is 0 Å². The summed E-state index contributed by atoms with van der Waals surface area (Å²) in [4.78, 5) is 2.53. The average Bonchev–Trinajstić information content (AvgIpc) is 3.40. The fraction of sp³-hybridized carbons (Fsp3) is 0.434. The lowest BCUT2D eigenvalue weighted by molar-refractivity contribution is -0.00532. The standard InChI is InChI=1S/C53H55N/c1-51(2)49-26-43(53-31-37-23-38(32-53)25-39(24-37)33-53)12-18-47(49)48-19-17-46(27-50(48)51)54(44-13-8-41(9-14-44)40-6-4-3-5-7-40)45-15-10-42(11-16-45)52-28-34-20-35(29-52)22-36(21-34)30-52/h3-19,26-27,34-39H,20-25,28-33H2,1-2H3. The Labute approximate surface area is 323 Å². The molecule has 9 aliphatic rings. The van der Waals surface area contributed by atoms with Gasteiger partial charge in [-0.3, -0.25) is 0 Å². The van der Waals surface area contributed by atoms with Crippen molar-refractivity contribution >= 4 is 17.1 Å². The molecule has 8 bridgehead atoms. The van der Waals surface area contributed by atoms with E-state index in [9.17, 15) is 0 Å². The molecular weight excluding hydrogens is 651 g/mol. The number of nitrogens with zero attached hydrogens (tertiary/aromatic N) is 1. The Bertz CT molecular complexity index is 2180. The highest BCUT2D eigenvalue weighted by Crippen LogP contribution is 2.63. The Morgan fingerprint density at radius 2 is 0.815 bits per heavy atom. The van der Waals surface area contributed by atoms with Crippen LogP contribution in [0.4, 0.5) is 17.1 Å². The van der Waals surface area contributed by atoms with Crippen molar-refractivity contribution in [1.29, 1.82) is 0 Å². The first-order chi connectivity index (χ1) is 26.3. The molecule has 1 heteroatoms. The van der Waals surface area contributed by atoms with Crippen molar-refractivity contribution in [3.63, 3.8) is 0 Å². The van der Waals surface area contributed by atoms with Gasteiger partial charge in [0, 0.05) is 22.5 Å². The molecule has 8 saturated carbocycles. The number of fused-ring (bicyclic) bond motifs is 3. The molecule has 0 radical (unpaired) electrons.